The van der Waals surface area contributed by atoms with Crippen LogP contribution < -0.4 is 13.9 Å². The summed E-state index contributed by atoms with van der Waals surface area (Å²) in [4.78, 5) is 28.0. The van der Waals surface area contributed by atoms with Crippen molar-refractivity contribution in [2.75, 3.05) is 33.0 Å². The van der Waals surface area contributed by atoms with E-state index >= 15 is 0 Å². The monoisotopic (exact) mass is 877 g/mol. The predicted octanol–water partition coefficient (Wildman–Crippen LogP) is 12.2. The first-order valence-electron chi connectivity index (χ1n) is 22.5. The van der Waals surface area contributed by atoms with Gasteiger partial charge in [0, 0.05) is 47.8 Å². The van der Waals surface area contributed by atoms with Gasteiger partial charge in [-0.1, -0.05) is 93.6 Å². The zero-order valence-corrected chi connectivity index (χ0v) is 39.3. The van der Waals surface area contributed by atoms with Crippen molar-refractivity contribution in [2.45, 2.75) is 110 Å². The molecule has 1 aliphatic heterocycles. The van der Waals surface area contributed by atoms with Gasteiger partial charge in [0.1, 0.15) is 30.5 Å². The van der Waals surface area contributed by atoms with Crippen LogP contribution in [-0.2, 0) is 28.5 Å². The summed E-state index contributed by atoms with van der Waals surface area (Å²) < 4.78 is 43.0. The third kappa shape index (κ3) is 14.9. The number of esters is 2. The topological polar surface area (TPSA) is 112 Å². The molecule has 0 N–H and O–H groups in total. The maximum Gasteiger partial charge on any atom is 0.306 e. The molecule has 1 aliphatic rings. The van der Waals surface area contributed by atoms with Crippen LogP contribution in [0.15, 0.2) is 116 Å². The summed E-state index contributed by atoms with van der Waals surface area (Å²) in [6.45, 7) is 16.8. The van der Waals surface area contributed by atoms with Gasteiger partial charge in [0.2, 0.25) is 8.32 Å². The van der Waals surface area contributed by atoms with E-state index in [9.17, 15) is 9.59 Å². The van der Waals surface area contributed by atoms with E-state index in [-0.39, 0.29) is 29.0 Å². The van der Waals surface area contributed by atoms with E-state index in [1.807, 2.05) is 80.7 Å². The molecule has 3 aromatic carbocycles. The van der Waals surface area contributed by atoms with Crippen molar-refractivity contribution in [2.24, 2.45) is 5.92 Å². The molecular weight excluding hydrogens is 811 g/mol. The largest absolute Gasteiger partial charge is 0.543 e. The highest BCUT2D eigenvalue weighted by atomic mass is 28.4. The molecule has 0 saturated carbocycles. The van der Waals surface area contributed by atoms with E-state index < -0.39 is 14.6 Å². The third-order valence-electron chi connectivity index (χ3n) is 11.4. The fourth-order valence-corrected chi connectivity index (χ4v) is 8.03. The van der Waals surface area contributed by atoms with Gasteiger partial charge in [0.15, 0.2) is 6.29 Å². The van der Waals surface area contributed by atoms with Crippen LogP contribution >= 0.6 is 0 Å². The molecule has 0 bridgehead atoms. The summed E-state index contributed by atoms with van der Waals surface area (Å²) in [7, 11) is -2.18. The highest BCUT2D eigenvalue weighted by Crippen LogP contribution is 2.46. The average molecular weight is 878 g/mol. The lowest BCUT2D eigenvalue weighted by atomic mass is 9.91. The van der Waals surface area contributed by atoms with Crippen molar-refractivity contribution in [1.82, 2.24) is 4.98 Å². The molecule has 2 heterocycles. The second kappa shape index (κ2) is 24.6. The molecule has 1 fully saturated rings. The van der Waals surface area contributed by atoms with Crippen LogP contribution in [-0.4, -0.2) is 58.3 Å². The van der Waals surface area contributed by atoms with Crippen molar-refractivity contribution in [1.29, 1.82) is 0 Å². The van der Waals surface area contributed by atoms with Crippen LogP contribution in [0.3, 0.4) is 0 Å². The van der Waals surface area contributed by atoms with Crippen molar-refractivity contribution in [3.05, 3.63) is 138 Å². The fraction of sp³-hybridized carbons (Fsp3) is 0.442. The van der Waals surface area contributed by atoms with Gasteiger partial charge in [0.05, 0.1) is 25.9 Å². The summed E-state index contributed by atoms with van der Waals surface area (Å²) >= 11 is 0. The summed E-state index contributed by atoms with van der Waals surface area (Å²) in [5.41, 5.74) is 4.96. The summed E-state index contributed by atoms with van der Waals surface area (Å²) in [6, 6.07) is 28.1. The highest BCUT2D eigenvalue weighted by molar-refractivity contribution is 6.74. The van der Waals surface area contributed by atoms with E-state index in [1.165, 1.54) is 0 Å². The number of hydrogen-bond acceptors (Lipinski definition) is 10. The Labute approximate surface area is 376 Å². The maximum atomic E-state index is 11.9. The SMILES string of the molecule is CCOC(=O)CC/C=C\C[C@@H]1CO[C@H](c2ccccc2OCCOc2ccc(/C(=C\CCCCC(=O)OCC)c3cccnc3)cc2)O[C@@H]1c1ccccc1O[Si](C)(C)C(C)(C)C. The summed E-state index contributed by atoms with van der Waals surface area (Å²) in [5.74, 6) is 1.89. The van der Waals surface area contributed by atoms with Gasteiger partial charge < -0.3 is 32.8 Å². The molecule has 1 aromatic heterocycles. The molecular formula is C52H67NO9Si. The average Bonchev–Trinajstić information content (AvgIpc) is 3.27. The Hall–Kier alpha value is -5.23. The van der Waals surface area contributed by atoms with Crippen molar-refractivity contribution in [3.63, 3.8) is 0 Å². The number of rotatable bonds is 23. The predicted molar refractivity (Wildman–Crippen MR) is 250 cm³/mol. The Morgan fingerprint density at radius 3 is 2.14 bits per heavy atom. The quantitative estimate of drug-likeness (QED) is 0.0309. The maximum absolute atomic E-state index is 11.9. The van der Waals surface area contributed by atoms with Crippen molar-refractivity contribution >= 4 is 25.8 Å². The lowest BCUT2D eigenvalue weighted by Gasteiger charge is -2.40. The van der Waals surface area contributed by atoms with Crippen LogP contribution in [0.25, 0.3) is 5.57 Å². The number of aromatic nitrogens is 1. The van der Waals surface area contributed by atoms with Gasteiger partial charge in [0.25, 0.3) is 0 Å². The molecule has 10 nitrogen and oxygen atoms in total. The lowest BCUT2D eigenvalue weighted by Crippen LogP contribution is -2.44. The van der Waals surface area contributed by atoms with E-state index in [4.69, 9.17) is 32.8 Å². The fourth-order valence-electron chi connectivity index (χ4n) is 6.99. The Kier molecular flexibility index (Phi) is 19.0. The molecule has 0 amide bonds. The molecule has 0 aliphatic carbocycles. The van der Waals surface area contributed by atoms with Crippen LogP contribution in [0.2, 0.25) is 18.1 Å². The molecule has 338 valence electrons. The number of allylic oxidation sites excluding steroid dienone is 3. The lowest BCUT2D eigenvalue weighted by molar-refractivity contribution is -0.244. The number of ether oxygens (including phenoxy) is 6. The van der Waals surface area contributed by atoms with Crippen molar-refractivity contribution in [3.8, 4) is 17.2 Å². The van der Waals surface area contributed by atoms with Gasteiger partial charge in [-0.25, -0.2) is 0 Å². The smallest absolute Gasteiger partial charge is 0.306 e. The van der Waals surface area contributed by atoms with Gasteiger partial charge >= 0.3 is 11.9 Å². The summed E-state index contributed by atoms with van der Waals surface area (Å²) in [6.07, 6.45) is 13.6. The zero-order chi connectivity index (χ0) is 45.1. The van der Waals surface area contributed by atoms with Gasteiger partial charge in [-0.05, 0) is 106 Å². The van der Waals surface area contributed by atoms with Gasteiger partial charge in [-0.15, -0.1) is 0 Å². The molecule has 0 unspecified atom stereocenters. The number of unbranched alkanes of at least 4 members (excludes halogenated alkanes) is 2. The molecule has 5 rings (SSSR count). The second-order valence-electron chi connectivity index (χ2n) is 17.1. The highest BCUT2D eigenvalue weighted by Gasteiger charge is 2.41. The first-order valence-corrected chi connectivity index (χ1v) is 25.4. The van der Waals surface area contributed by atoms with Gasteiger partial charge in [-0.3, -0.25) is 14.6 Å². The van der Waals surface area contributed by atoms with Crippen LogP contribution in [0.5, 0.6) is 17.2 Å². The van der Waals surface area contributed by atoms with Crippen LogP contribution in [0.4, 0.5) is 0 Å². The number of carbonyl (C=O) groups excluding carboxylic acids is 2. The normalized spacial score (nSPS) is 17.0. The Balaban J connectivity index is 1.24. The standard InChI is InChI=1S/C52H67NO9Si/c1-8-56-48(54)28-14-10-12-21-41-38-60-51(61-50(41)44-24-16-19-27-47(44)62-63(6,7)52(3,4)5)45-25-17-18-26-46(45)59-36-35-58-42-32-30-39(31-33-42)43(40-22-20-34-53-37-40)23-13-11-15-29-49(55)57-9-2/h10,12,16-20,22-27,30-34,37,41,50-51H,8-9,11,13-15,21,28-29,35-36,38H2,1-7H3/b12-10-,43-23+/t41-,50+,51+/m1/s1. The van der Waals surface area contributed by atoms with Gasteiger partial charge in [-0.2, -0.15) is 0 Å². The van der Waals surface area contributed by atoms with E-state index in [2.05, 4.69) is 81.3 Å². The van der Waals surface area contributed by atoms with Crippen molar-refractivity contribution < 1.29 is 42.4 Å². The second-order valence-corrected chi connectivity index (χ2v) is 21.8. The van der Waals surface area contributed by atoms with E-state index in [1.54, 1.807) is 6.20 Å². The molecule has 3 atom stereocenters. The van der Waals surface area contributed by atoms with E-state index in [0.29, 0.717) is 64.5 Å². The molecule has 4 aromatic rings. The first-order chi connectivity index (χ1) is 30.4. The Bertz CT molecular complexity index is 2080. The Morgan fingerprint density at radius 1 is 0.762 bits per heavy atom. The minimum atomic E-state index is -2.18. The molecule has 1 saturated heterocycles. The number of hydrogen-bond donors (Lipinski definition) is 0. The first kappa shape index (κ1) is 48.8. The summed E-state index contributed by atoms with van der Waals surface area (Å²) in [5, 5.41) is 0.0136. The zero-order valence-electron chi connectivity index (χ0n) is 38.3. The van der Waals surface area contributed by atoms with Crippen LogP contribution in [0, 0.1) is 5.92 Å². The number of carbonyl (C=O) groups is 2. The molecule has 0 radical (unpaired) electrons. The molecule has 11 heteroatoms. The van der Waals surface area contributed by atoms with Crippen LogP contribution in [0.1, 0.15) is 114 Å². The minimum Gasteiger partial charge on any atom is -0.543 e. The number of para-hydroxylation sites is 2. The molecule has 0 spiro atoms. The molecule has 63 heavy (non-hydrogen) atoms. The number of pyridine rings is 1. The minimum absolute atomic E-state index is 0.00383. The number of benzene rings is 3. The van der Waals surface area contributed by atoms with E-state index in [0.717, 1.165) is 58.6 Å². The third-order valence-corrected chi connectivity index (χ3v) is 15.7. The Morgan fingerprint density at radius 2 is 1.44 bits per heavy atom. The number of nitrogens with zero attached hydrogens (tertiary/aromatic N) is 1.